The van der Waals surface area contributed by atoms with Crippen molar-refractivity contribution in [2.75, 3.05) is 44.2 Å². The van der Waals surface area contributed by atoms with Gasteiger partial charge in [-0.2, -0.15) is 13.2 Å². The van der Waals surface area contributed by atoms with Crippen molar-refractivity contribution in [1.82, 2.24) is 19.8 Å². The van der Waals surface area contributed by atoms with Gasteiger partial charge in [0, 0.05) is 56.1 Å². The molecule has 0 bridgehead atoms. The number of β-amino-alcohol motifs (C(OH)–C–C–N with tert-alkyl or cyclic N) is 1. The minimum absolute atomic E-state index is 0.0296. The van der Waals surface area contributed by atoms with Crippen molar-refractivity contribution in [1.29, 1.82) is 0 Å². The number of aliphatic hydroxyl groups excluding tert-OH is 1. The molecule has 2 saturated heterocycles. The molecule has 0 radical (unpaired) electrons. The van der Waals surface area contributed by atoms with Crippen LogP contribution in [0.1, 0.15) is 26.4 Å². The number of nitrogens with two attached hydrogens (primary N) is 1. The van der Waals surface area contributed by atoms with Crippen LogP contribution in [0.4, 0.5) is 19.1 Å². The number of alkyl halides is 3. The quantitative estimate of drug-likeness (QED) is 0.652. The molecule has 182 valence electrons. The van der Waals surface area contributed by atoms with Crippen molar-refractivity contribution in [3.8, 4) is 0 Å². The van der Waals surface area contributed by atoms with Gasteiger partial charge in [0.05, 0.1) is 17.7 Å². The summed E-state index contributed by atoms with van der Waals surface area (Å²) in [4.78, 5) is 36.6. The van der Waals surface area contributed by atoms with Gasteiger partial charge in [-0.1, -0.05) is 11.6 Å². The van der Waals surface area contributed by atoms with E-state index in [9.17, 15) is 27.9 Å². The maximum Gasteiger partial charge on any atom is 0.434 e. The summed E-state index contributed by atoms with van der Waals surface area (Å²) >= 11 is 5.87. The molecule has 2 atom stereocenters. The second-order valence-corrected chi connectivity index (χ2v) is 8.61. The van der Waals surface area contributed by atoms with E-state index in [-0.39, 0.29) is 31.0 Å². The molecular formula is C21H22ClF3N6O3. The molecule has 1 aromatic carbocycles. The summed E-state index contributed by atoms with van der Waals surface area (Å²) in [6.45, 7) is 2.08. The Bertz CT molecular complexity index is 1080. The second-order valence-electron chi connectivity index (χ2n) is 8.17. The molecule has 4 rings (SSSR count). The third-order valence-electron chi connectivity index (χ3n) is 6.01. The highest BCUT2D eigenvalue weighted by molar-refractivity contribution is 6.30. The molecule has 9 nitrogen and oxygen atoms in total. The Morgan fingerprint density at radius 2 is 1.74 bits per heavy atom. The predicted molar refractivity (Wildman–Crippen MR) is 116 cm³/mol. The molecule has 2 aliphatic rings. The Labute approximate surface area is 197 Å². The molecule has 13 heteroatoms. The number of primary amides is 1. The van der Waals surface area contributed by atoms with Gasteiger partial charge in [-0.05, 0) is 24.3 Å². The largest absolute Gasteiger partial charge is 0.434 e. The minimum Gasteiger partial charge on any atom is -0.390 e. The number of piperazine rings is 1. The number of aromatic nitrogens is 2. The third-order valence-corrected chi connectivity index (χ3v) is 6.27. The normalized spacial score (nSPS) is 21.7. The van der Waals surface area contributed by atoms with Crippen LogP contribution in [-0.2, 0) is 6.18 Å². The number of aliphatic hydroxyl groups is 1. The number of amides is 2. The molecule has 2 amide bonds. The number of nitrogens with zero attached hydrogens (tertiary/aromatic N) is 5. The molecule has 3 N–H and O–H groups in total. The molecule has 2 fully saturated rings. The topological polar surface area (TPSA) is 116 Å². The van der Waals surface area contributed by atoms with Crippen LogP contribution in [0.3, 0.4) is 0 Å². The number of hydrogen-bond donors (Lipinski definition) is 2. The minimum atomic E-state index is -4.88. The van der Waals surface area contributed by atoms with Gasteiger partial charge in [-0.25, -0.2) is 9.97 Å². The maximum absolute atomic E-state index is 13.4. The second kappa shape index (κ2) is 9.35. The smallest absolute Gasteiger partial charge is 0.390 e. The number of benzene rings is 1. The standard InChI is InChI=1S/C21H22ClF3N6O3/c22-13-3-1-12(2-4-13)19(34)30-7-5-29(6-8-30)15-10-31(11-16(15)32)20-27-9-14(18(26)33)17(28-20)21(23,24)25/h1-4,9,15-16,32H,5-8,10-11H2,(H2,26,33). The highest BCUT2D eigenvalue weighted by atomic mass is 35.5. The van der Waals surface area contributed by atoms with E-state index in [0.717, 1.165) is 6.20 Å². The molecular weight excluding hydrogens is 477 g/mol. The number of hydrogen-bond acceptors (Lipinski definition) is 7. The first-order valence-electron chi connectivity index (χ1n) is 10.5. The summed E-state index contributed by atoms with van der Waals surface area (Å²) in [5.74, 6) is -1.63. The molecule has 0 spiro atoms. The maximum atomic E-state index is 13.4. The van der Waals surface area contributed by atoms with Crippen LogP contribution >= 0.6 is 11.6 Å². The third kappa shape index (κ3) is 4.93. The van der Waals surface area contributed by atoms with Crippen molar-refractivity contribution in [3.63, 3.8) is 0 Å². The van der Waals surface area contributed by atoms with Crippen LogP contribution in [0, 0.1) is 0 Å². The van der Waals surface area contributed by atoms with Gasteiger partial charge in [0.1, 0.15) is 0 Å². The van der Waals surface area contributed by atoms with Crippen LogP contribution in [0.2, 0.25) is 5.02 Å². The average molecular weight is 499 g/mol. The lowest BCUT2D eigenvalue weighted by Crippen LogP contribution is -2.54. The molecule has 0 aliphatic carbocycles. The number of anilines is 1. The van der Waals surface area contributed by atoms with Crippen molar-refractivity contribution in [2.24, 2.45) is 5.73 Å². The zero-order valence-electron chi connectivity index (χ0n) is 17.9. The fourth-order valence-corrected chi connectivity index (χ4v) is 4.37. The lowest BCUT2D eigenvalue weighted by atomic mass is 10.1. The van der Waals surface area contributed by atoms with Crippen LogP contribution < -0.4 is 10.6 Å². The summed E-state index contributed by atoms with van der Waals surface area (Å²) < 4.78 is 40.1. The Hall–Kier alpha value is -2.96. The molecule has 34 heavy (non-hydrogen) atoms. The SMILES string of the molecule is NC(=O)c1cnc(N2CC(O)C(N3CCN(C(=O)c4ccc(Cl)cc4)CC3)C2)nc1C(F)(F)F. The molecule has 2 aliphatic heterocycles. The summed E-state index contributed by atoms with van der Waals surface area (Å²) in [6, 6.07) is 6.25. The van der Waals surface area contributed by atoms with Crippen LogP contribution in [0.25, 0.3) is 0 Å². The van der Waals surface area contributed by atoms with E-state index in [1.54, 1.807) is 29.2 Å². The summed E-state index contributed by atoms with van der Waals surface area (Å²) in [5, 5.41) is 11.1. The van der Waals surface area contributed by atoms with Crippen molar-refractivity contribution in [2.45, 2.75) is 18.3 Å². The number of carbonyl (C=O) groups excluding carboxylic acids is 2. The molecule has 2 unspecified atom stereocenters. The first kappa shape index (κ1) is 24.2. The van der Waals surface area contributed by atoms with Gasteiger partial charge in [0.15, 0.2) is 5.69 Å². The lowest BCUT2D eigenvalue weighted by Gasteiger charge is -2.38. The van der Waals surface area contributed by atoms with Gasteiger partial charge < -0.3 is 20.6 Å². The first-order valence-corrected chi connectivity index (χ1v) is 10.9. The van der Waals surface area contributed by atoms with E-state index in [1.165, 1.54) is 4.90 Å². The van der Waals surface area contributed by atoms with Crippen LogP contribution in [0.15, 0.2) is 30.5 Å². The highest BCUT2D eigenvalue weighted by Crippen LogP contribution is 2.32. The highest BCUT2D eigenvalue weighted by Gasteiger charge is 2.41. The van der Waals surface area contributed by atoms with Gasteiger partial charge in [0.25, 0.3) is 11.8 Å². The summed E-state index contributed by atoms with van der Waals surface area (Å²) in [5.41, 5.74) is 3.33. The Morgan fingerprint density at radius 1 is 1.09 bits per heavy atom. The van der Waals surface area contributed by atoms with E-state index in [2.05, 4.69) is 9.97 Å². The predicted octanol–water partition coefficient (Wildman–Crippen LogP) is 1.26. The summed E-state index contributed by atoms with van der Waals surface area (Å²) in [6.07, 6.45) is -4.98. The Balaban J connectivity index is 1.42. The molecule has 3 heterocycles. The lowest BCUT2D eigenvalue weighted by molar-refractivity contribution is -0.141. The molecule has 0 saturated carbocycles. The Morgan fingerprint density at radius 3 is 2.32 bits per heavy atom. The van der Waals surface area contributed by atoms with Crippen LogP contribution in [-0.4, -0.2) is 88.1 Å². The number of carbonyl (C=O) groups is 2. The van der Waals surface area contributed by atoms with E-state index < -0.39 is 29.4 Å². The summed E-state index contributed by atoms with van der Waals surface area (Å²) in [7, 11) is 0. The van der Waals surface area contributed by atoms with E-state index in [0.29, 0.717) is 36.8 Å². The zero-order valence-corrected chi connectivity index (χ0v) is 18.6. The van der Waals surface area contributed by atoms with Crippen LogP contribution in [0.5, 0.6) is 0 Å². The first-order chi connectivity index (χ1) is 16.0. The van der Waals surface area contributed by atoms with Crippen molar-refractivity contribution >= 4 is 29.4 Å². The average Bonchev–Trinajstić information content (AvgIpc) is 3.19. The van der Waals surface area contributed by atoms with Gasteiger partial charge >= 0.3 is 6.18 Å². The van der Waals surface area contributed by atoms with Crippen molar-refractivity contribution in [3.05, 3.63) is 52.3 Å². The fraction of sp³-hybridized carbons (Fsp3) is 0.429. The van der Waals surface area contributed by atoms with Gasteiger partial charge in [-0.3, -0.25) is 14.5 Å². The van der Waals surface area contributed by atoms with E-state index in [4.69, 9.17) is 17.3 Å². The van der Waals surface area contributed by atoms with E-state index in [1.807, 2.05) is 4.90 Å². The van der Waals surface area contributed by atoms with Gasteiger partial charge in [-0.15, -0.1) is 0 Å². The monoisotopic (exact) mass is 498 g/mol. The fourth-order valence-electron chi connectivity index (χ4n) is 4.24. The number of rotatable bonds is 4. The molecule has 2 aromatic rings. The Kier molecular flexibility index (Phi) is 6.65. The van der Waals surface area contributed by atoms with E-state index >= 15 is 0 Å². The zero-order chi connectivity index (χ0) is 24.6. The molecule has 1 aromatic heterocycles. The van der Waals surface area contributed by atoms with Gasteiger partial charge in [0.2, 0.25) is 5.95 Å². The number of halogens is 4. The van der Waals surface area contributed by atoms with Crippen molar-refractivity contribution < 1.29 is 27.9 Å².